The van der Waals surface area contributed by atoms with Crippen LogP contribution in [0, 0.1) is 0 Å². The number of nitrogens with one attached hydrogen (secondary N) is 1. The molecule has 29 heavy (non-hydrogen) atoms. The van der Waals surface area contributed by atoms with Crippen LogP contribution >= 0.6 is 54.8 Å². The van der Waals surface area contributed by atoms with Crippen molar-refractivity contribution in [2.75, 3.05) is 11.2 Å². The van der Waals surface area contributed by atoms with Crippen LogP contribution in [-0.2, 0) is 4.79 Å². The van der Waals surface area contributed by atoms with Crippen molar-refractivity contribution < 1.29 is 4.79 Å². The van der Waals surface area contributed by atoms with E-state index in [1.165, 1.54) is 11.3 Å². The quantitative estimate of drug-likeness (QED) is 0.293. The number of carbonyl (C=O) groups is 1. The van der Waals surface area contributed by atoms with Gasteiger partial charge < -0.3 is 5.32 Å². The van der Waals surface area contributed by atoms with Gasteiger partial charge in [0.2, 0.25) is 11.0 Å². The fourth-order valence-electron chi connectivity index (χ4n) is 2.67. The summed E-state index contributed by atoms with van der Waals surface area (Å²) in [6.07, 6.45) is 0. The highest BCUT2D eigenvalue weighted by molar-refractivity contribution is 9.10. The molecule has 0 spiro atoms. The van der Waals surface area contributed by atoms with Crippen LogP contribution in [0.1, 0.15) is 0 Å². The molecule has 0 fully saturated rings. The monoisotopic (exact) mass is 550 g/mol. The number of aromatic nitrogens is 3. The van der Waals surface area contributed by atoms with Crippen LogP contribution in [0.5, 0.6) is 0 Å². The lowest BCUT2D eigenvalue weighted by Gasteiger charge is -2.04. The van der Waals surface area contributed by atoms with E-state index >= 15 is 0 Å². The smallest absolute Gasteiger partial charge is 0.240 e. The topological polar surface area (TPSA) is 59.8 Å². The number of rotatable bonds is 5. The normalized spacial score (nSPS) is 10.9. The highest BCUT2D eigenvalue weighted by Gasteiger charge is 2.16. The minimum atomic E-state index is -0.306. The molecule has 5 nitrogen and oxygen atoms in total. The second kappa shape index (κ2) is 8.79. The standard InChI is InChI=1S/C20H13Br2ClN4OS/c21-14-5-1-12(2-6-14)16-9-18(25-19(28)10-23)27(26-16)20-24-17(11-29-20)13-3-7-15(22)8-4-13/h1-9,11H,10H2,(H,25,28). The second-order valence-electron chi connectivity index (χ2n) is 6.04. The van der Waals surface area contributed by atoms with E-state index in [0.717, 1.165) is 31.5 Å². The van der Waals surface area contributed by atoms with Gasteiger partial charge in [0, 0.05) is 31.5 Å². The van der Waals surface area contributed by atoms with Gasteiger partial charge in [0.15, 0.2) is 0 Å². The van der Waals surface area contributed by atoms with Gasteiger partial charge in [-0.1, -0.05) is 56.1 Å². The molecular formula is C20H13Br2ClN4OS. The van der Waals surface area contributed by atoms with Gasteiger partial charge in [-0.3, -0.25) is 4.79 Å². The Bertz CT molecular complexity index is 1160. The van der Waals surface area contributed by atoms with E-state index in [4.69, 9.17) is 16.6 Å². The SMILES string of the molecule is O=C(CCl)Nc1cc(-c2ccc(Br)cc2)nn1-c1nc(-c2ccc(Br)cc2)cs1. The van der Waals surface area contributed by atoms with Crippen LogP contribution in [0.3, 0.4) is 0 Å². The number of amides is 1. The lowest BCUT2D eigenvalue weighted by atomic mass is 10.1. The molecule has 1 N–H and O–H groups in total. The molecule has 2 aromatic heterocycles. The Morgan fingerprint density at radius 1 is 1.00 bits per heavy atom. The first-order chi connectivity index (χ1) is 14.0. The Kier molecular flexibility index (Phi) is 6.15. The van der Waals surface area contributed by atoms with Crippen molar-refractivity contribution in [1.82, 2.24) is 14.8 Å². The van der Waals surface area contributed by atoms with E-state index < -0.39 is 0 Å². The van der Waals surface area contributed by atoms with Gasteiger partial charge >= 0.3 is 0 Å². The highest BCUT2D eigenvalue weighted by atomic mass is 79.9. The zero-order valence-corrected chi connectivity index (χ0v) is 19.5. The van der Waals surface area contributed by atoms with Crippen molar-refractivity contribution in [2.24, 2.45) is 0 Å². The first-order valence-electron chi connectivity index (χ1n) is 8.47. The van der Waals surface area contributed by atoms with Crippen molar-refractivity contribution in [3.63, 3.8) is 0 Å². The van der Waals surface area contributed by atoms with Crippen molar-refractivity contribution in [2.45, 2.75) is 0 Å². The number of benzene rings is 2. The number of hydrogen-bond donors (Lipinski definition) is 1. The summed E-state index contributed by atoms with van der Waals surface area (Å²) >= 11 is 14.0. The maximum Gasteiger partial charge on any atom is 0.240 e. The van der Waals surface area contributed by atoms with Crippen molar-refractivity contribution >= 4 is 66.5 Å². The molecule has 0 aliphatic carbocycles. The minimum absolute atomic E-state index is 0.138. The summed E-state index contributed by atoms with van der Waals surface area (Å²) in [5.74, 6) is 0.0750. The van der Waals surface area contributed by atoms with E-state index in [0.29, 0.717) is 10.9 Å². The Morgan fingerprint density at radius 2 is 1.59 bits per heavy atom. The summed E-state index contributed by atoms with van der Waals surface area (Å²) in [4.78, 5) is 16.6. The largest absolute Gasteiger partial charge is 0.309 e. The maximum absolute atomic E-state index is 11.9. The summed E-state index contributed by atoms with van der Waals surface area (Å²) in [6, 6.07) is 17.6. The lowest BCUT2D eigenvalue weighted by Crippen LogP contribution is -2.15. The van der Waals surface area contributed by atoms with Crippen molar-refractivity contribution in [3.05, 3.63) is 68.9 Å². The second-order valence-corrected chi connectivity index (χ2v) is 8.97. The fourth-order valence-corrected chi connectivity index (χ4v) is 4.06. The van der Waals surface area contributed by atoms with Gasteiger partial charge in [-0.2, -0.15) is 9.78 Å². The molecule has 146 valence electrons. The predicted molar refractivity (Wildman–Crippen MR) is 125 cm³/mol. The van der Waals surface area contributed by atoms with Gasteiger partial charge in [0.05, 0.1) is 11.4 Å². The van der Waals surface area contributed by atoms with Gasteiger partial charge in [0.1, 0.15) is 11.7 Å². The maximum atomic E-state index is 11.9. The summed E-state index contributed by atoms with van der Waals surface area (Å²) in [5, 5.41) is 10.1. The lowest BCUT2D eigenvalue weighted by molar-refractivity contribution is -0.114. The Balaban J connectivity index is 1.74. The third kappa shape index (κ3) is 4.61. The zero-order chi connectivity index (χ0) is 20.4. The molecule has 1 amide bonds. The number of anilines is 1. The van der Waals surface area contributed by atoms with Gasteiger partial charge in [-0.25, -0.2) is 4.98 Å². The molecule has 0 atom stereocenters. The third-order valence-corrected chi connectivity index (χ3v) is 6.17. The Hall–Kier alpha value is -2.00. The summed E-state index contributed by atoms with van der Waals surface area (Å²) < 4.78 is 3.62. The molecule has 2 aromatic carbocycles. The minimum Gasteiger partial charge on any atom is -0.309 e. The third-order valence-electron chi connectivity index (χ3n) is 4.05. The zero-order valence-electron chi connectivity index (χ0n) is 14.8. The highest BCUT2D eigenvalue weighted by Crippen LogP contribution is 2.30. The number of carbonyl (C=O) groups excluding carboxylic acids is 1. The first-order valence-corrected chi connectivity index (χ1v) is 11.5. The van der Waals surface area contributed by atoms with E-state index in [2.05, 4.69) is 42.3 Å². The summed E-state index contributed by atoms with van der Waals surface area (Å²) in [5.41, 5.74) is 3.50. The molecule has 0 saturated heterocycles. The summed E-state index contributed by atoms with van der Waals surface area (Å²) in [7, 11) is 0. The van der Waals surface area contributed by atoms with Gasteiger partial charge in [-0.05, 0) is 24.3 Å². The van der Waals surface area contributed by atoms with Crippen LogP contribution in [0.25, 0.3) is 27.6 Å². The molecule has 0 saturated carbocycles. The predicted octanol–water partition coefficient (Wildman–Crippen LogP) is 6.37. The van der Waals surface area contributed by atoms with Crippen LogP contribution in [0.15, 0.2) is 68.9 Å². The average molecular weight is 553 g/mol. The molecule has 4 aromatic rings. The average Bonchev–Trinajstić information content (AvgIpc) is 3.36. The number of thiazole rings is 1. The number of halogens is 3. The fraction of sp³-hybridized carbons (Fsp3) is 0.0500. The molecule has 0 unspecified atom stereocenters. The molecule has 0 bridgehead atoms. The molecule has 0 aliphatic heterocycles. The Labute approximate surface area is 193 Å². The molecule has 0 radical (unpaired) electrons. The van der Waals surface area contributed by atoms with Gasteiger partial charge in [-0.15, -0.1) is 22.9 Å². The van der Waals surface area contributed by atoms with Crippen LogP contribution < -0.4 is 5.32 Å². The van der Waals surface area contributed by atoms with E-state index in [-0.39, 0.29) is 11.8 Å². The Morgan fingerprint density at radius 3 is 2.17 bits per heavy atom. The van der Waals surface area contributed by atoms with E-state index in [9.17, 15) is 4.79 Å². The van der Waals surface area contributed by atoms with Crippen LogP contribution in [-0.4, -0.2) is 26.6 Å². The molecule has 4 rings (SSSR count). The number of nitrogens with zero attached hydrogens (tertiary/aromatic N) is 3. The first kappa shape index (κ1) is 20.3. The van der Waals surface area contributed by atoms with E-state index in [1.54, 1.807) is 4.68 Å². The van der Waals surface area contributed by atoms with Crippen LogP contribution in [0.2, 0.25) is 0 Å². The molecule has 0 aliphatic rings. The van der Waals surface area contributed by atoms with Crippen molar-refractivity contribution in [3.8, 4) is 27.6 Å². The molecule has 2 heterocycles. The summed E-state index contributed by atoms with van der Waals surface area (Å²) in [6.45, 7) is 0. The van der Waals surface area contributed by atoms with Crippen molar-refractivity contribution in [1.29, 1.82) is 0 Å². The number of alkyl halides is 1. The molecule has 9 heteroatoms. The van der Waals surface area contributed by atoms with Crippen LogP contribution in [0.4, 0.5) is 5.82 Å². The van der Waals surface area contributed by atoms with Gasteiger partial charge in [0.25, 0.3) is 0 Å². The molecular weight excluding hydrogens is 540 g/mol. The number of hydrogen-bond acceptors (Lipinski definition) is 4. The van der Waals surface area contributed by atoms with E-state index in [1.807, 2.05) is 60.0 Å².